The first-order valence-corrected chi connectivity index (χ1v) is 5.45. The zero-order chi connectivity index (χ0) is 9.92. The topological polar surface area (TPSA) is 0 Å². The van der Waals surface area contributed by atoms with Crippen LogP contribution in [0.5, 0.6) is 0 Å². The molecule has 3 rings (SSSR count). The summed E-state index contributed by atoms with van der Waals surface area (Å²) in [5, 5.41) is 0. The maximum atomic E-state index is 2.35. The Morgan fingerprint density at radius 1 is 1.14 bits per heavy atom. The lowest BCUT2D eigenvalue weighted by molar-refractivity contribution is 0.636. The summed E-state index contributed by atoms with van der Waals surface area (Å²) in [5.41, 5.74) is 8.23. The van der Waals surface area contributed by atoms with Gasteiger partial charge in [0.1, 0.15) is 0 Å². The minimum absolute atomic E-state index is 0.279. The molecule has 0 aliphatic heterocycles. The van der Waals surface area contributed by atoms with Gasteiger partial charge < -0.3 is 0 Å². The fraction of sp³-hybridized carbons (Fsp3) is 0.429. The summed E-state index contributed by atoms with van der Waals surface area (Å²) < 4.78 is 0. The van der Waals surface area contributed by atoms with E-state index in [1.807, 2.05) is 0 Å². The van der Waals surface area contributed by atoms with Crippen molar-refractivity contribution in [2.75, 3.05) is 0 Å². The fourth-order valence-corrected chi connectivity index (χ4v) is 3.02. The van der Waals surface area contributed by atoms with Gasteiger partial charge in [-0.15, -0.1) is 0 Å². The number of allylic oxidation sites excluding steroid dienone is 2. The van der Waals surface area contributed by atoms with E-state index in [4.69, 9.17) is 0 Å². The van der Waals surface area contributed by atoms with E-state index in [1.54, 1.807) is 27.8 Å². The number of hydrogen-bond donors (Lipinski definition) is 0. The number of rotatable bonds is 0. The molecule has 0 aromatic heterocycles. The largest absolute Gasteiger partial charge is 0.0616 e. The summed E-state index contributed by atoms with van der Waals surface area (Å²) in [6.45, 7) is 7.01. The van der Waals surface area contributed by atoms with Gasteiger partial charge in [-0.2, -0.15) is 0 Å². The molecule has 0 unspecified atom stereocenters. The molecule has 0 bridgehead atoms. The van der Waals surface area contributed by atoms with Crippen molar-refractivity contribution in [3.8, 4) is 0 Å². The summed E-state index contributed by atoms with van der Waals surface area (Å²) in [4.78, 5) is 0. The molecule has 0 amide bonds. The number of hydrogen-bond acceptors (Lipinski definition) is 0. The Morgan fingerprint density at radius 2 is 1.93 bits per heavy atom. The maximum absolute atomic E-state index is 2.35. The minimum Gasteiger partial charge on any atom is -0.0616 e. The van der Waals surface area contributed by atoms with Crippen molar-refractivity contribution in [1.29, 1.82) is 0 Å². The lowest BCUT2D eigenvalue weighted by Gasteiger charge is -2.23. The second-order valence-corrected chi connectivity index (χ2v) is 5.07. The van der Waals surface area contributed by atoms with E-state index in [0.29, 0.717) is 0 Å². The van der Waals surface area contributed by atoms with E-state index < -0.39 is 0 Å². The summed E-state index contributed by atoms with van der Waals surface area (Å²) in [6, 6.07) is 6.82. The molecule has 2 aliphatic carbocycles. The molecule has 0 fully saturated rings. The second-order valence-electron chi connectivity index (χ2n) is 5.07. The van der Waals surface area contributed by atoms with Gasteiger partial charge in [-0.1, -0.05) is 37.6 Å². The molecular weight excluding hydrogens is 168 g/mol. The van der Waals surface area contributed by atoms with Gasteiger partial charge in [-0.3, -0.25) is 0 Å². The molecule has 14 heavy (non-hydrogen) atoms. The van der Waals surface area contributed by atoms with Crippen molar-refractivity contribution in [1.82, 2.24) is 0 Å². The maximum Gasteiger partial charge on any atom is 0.0114 e. The predicted molar refractivity (Wildman–Crippen MR) is 60.4 cm³/mol. The molecule has 1 aromatic carbocycles. The predicted octanol–water partition coefficient (Wildman–Crippen LogP) is 3.70. The van der Waals surface area contributed by atoms with Crippen LogP contribution >= 0.6 is 0 Å². The molecule has 72 valence electrons. The number of aryl methyl sites for hydroxylation is 1. The molecular formula is C14H16. The molecule has 1 aromatic rings. The van der Waals surface area contributed by atoms with Crippen molar-refractivity contribution in [3.63, 3.8) is 0 Å². The van der Waals surface area contributed by atoms with Crippen molar-refractivity contribution in [3.05, 3.63) is 40.5 Å². The van der Waals surface area contributed by atoms with E-state index in [-0.39, 0.29) is 5.41 Å². The van der Waals surface area contributed by atoms with Crippen LogP contribution in [0.15, 0.2) is 23.8 Å². The first-order chi connectivity index (χ1) is 6.62. The highest BCUT2D eigenvalue weighted by molar-refractivity contribution is 5.84. The molecule has 0 nitrogen and oxygen atoms in total. The molecule has 0 heterocycles. The van der Waals surface area contributed by atoms with Crippen LogP contribution in [0, 0.1) is 0 Å². The van der Waals surface area contributed by atoms with Gasteiger partial charge in [0.05, 0.1) is 0 Å². The zero-order valence-electron chi connectivity index (χ0n) is 9.15. The van der Waals surface area contributed by atoms with Gasteiger partial charge in [0.25, 0.3) is 0 Å². The zero-order valence-corrected chi connectivity index (χ0v) is 9.15. The van der Waals surface area contributed by atoms with Crippen molar-refractivity contribution >= 4 is 5.57 Å². The highest BCUT2D eigenvalue weighted by Crippen LogP contribution is 2.51. The van der Waals surface area contributed by atoms with Crippen LogP contribution in [-0.4, -0.2) is 0 Å². The van der Waals surface area contributed by atoms with Gasteiger partial charge >= 0.3 is 0 Å². The third kappa shape index (κ3) is 0.755. The highest BCUT2D eigenvalue weighted by Gasteiger charge is 2.38. The van der Waals surface area contributed by atoms with E-state index in [1.165, 1.54) is 12.8 Å². The quantitative estimate of drug-likeness (QED) is 0.576. The fourth-order valence-electron chi connectivity index (χ4n) is 3.02. The normalized spacial score (nSPS) is 21.6. The minimum atomic E-state index is 0.279. The smallest absolute Gasteiger partial charge is 0.0114 e. The van der Waals surface area contributed by atoms with Gasteiger partial charge in [0, 0.05) is 5.41 Å². The Balaban J connectivity index is 2.41. The first kappa shape index (κ1) is 8.28. The van der Waals surface area contributed by atoms with Gasteiger partial charge in [-0.05, 0) is 42.0 Å². The van der Waals surface area contributed by atoms with Crippen LogP contribution in [-0.2, 0) is 11.8 Å². The molecule has 0 saturated heterocycles. The summed E-state index contributed by atoms with van der Waals surface area (Å²) in [5.74, 6) is 0. The number of benzene rings is 1. The molecule has 0 N–H and O–H groups in total. The Bertz CT molecular complexity index is 447. The standard InChI is InChI=1S/C14H16/c1-9-11-8-7-10-5-4-6-12(13(10)11)14(9,2)3/h4-6H,7-8H2,1-3H3. The van der Waals surface area contributed by atoms with Crippen molar-refractivity contribution in [2.24, 2.45) is 0 Å². The Labute approximate surface area is 85.6 Å². The van der Waals surface area contributed by atoms with Crippen LogP contribution in [0.25, 0.3) is 5.57 Å². The average molecular weight is 184 g/mol. The van der Waals surface area contributed by atoms with Crippen LogP contribution in [0.4, 0.5) is 0 Å². The average Bonchev–Trinajstić information content (AvgIpc) is 2.65. The third-order valence-electron chi connectivity index (χ3n) is 4.16. The SMILES string of the molecule is CC1=C2CCc3cccc(c32)C1(C)C. The molecule has 0 radical (unpaired) electrons. The molecule has 0 heteroatoms. The monoisotopic (exact) mass is 184 g/mol. The lowest BCUT2D eigenvalue weighted by atomic mass is 9.81. The van der Waals surface area contributed by atoms with Crippen LogP contribution in [0.2, 0.25) is 0 Å². The second kappa shape index (κ2) is 2.31. The Morgan fingerprint density at radius 3 is 2.71 bits per heavy atom. The van der Waals surface area contributed by atoms with E-state index in [2.05, 4.69) is 39.0 Å². The molecule has 2 aliphatic rings. The molecule has 0 saturated carbocycles. The van der Waals surface area contributed by atoms with Gasteiger partial charge in [-0.25, -0.2) is 0 Å². The van der Waals surface area contributed by atoms with E-state index in [9.17, 15) is 0 Å². The van der Waals surface area contributed by atoms with Gasteiger partial charge in [0.2, 0.25) is 0 Å². The van der Waals surface area contributed by atoms with E-state index >= 15 is 0 Å². The van der Waals surface area contributed by atoms with Crippen LogP contribution < -0.4 is 0 Å². The van der Waals surface area contributed by atoms with E-state index in [0.717, 1.165) is 0 Å². The Hall–Kier alpha value is -1.04. The summed E-state index contributed by atoms with van der Waals surface area (Å²) >= 11 is 0. The summed E-state index contributed by atoms with van der Waals surface area (Å²) in [6.07, 6.45) is 2.52. The van der Waals surface area contributed by atoms with Gasteiger partial charge in [0.15, 0.2) is 0 Å². The summed E-state index contributed by atoms with van der Waals surface area (Å²) in [7, 11) is 0. The molecule has 0 atom stereocenters. The molecule has 0 spiro atoms. The van der Waals surface area contributed by atoms with Crippen molar-refractivity contribution in [2.45, 2.75) is 39.0 Å². The van der Waals surface area contributed by atoms with Crippen LogP contribution in [0.3, 0.4) is 0 Å². The highest BCUT2D eigenvalue weighted by atomic mass is 14.4. The third-order valence-corrected chi connectivity index (χ3v) is 4.16. The van der Waals surface area contributed by atoms with Crippen LogP contribution in [0.1, 0.15) is 43.9 Å². The lowest BCUT2D eigenvalue weighted by Crippen LogP contribution is -2.15. The van der Waals surface area contributed by atoms with Crippen molar-refractivity contribution < 1.29 is 0 Å². The first-order valence-electron chi connectivity index (χ1n) is 5.45. The Kier molecular flexibility index (Phi) is 1.36.